The molecule has 0 bridgehead atoms. The van der Waals surface area contributed by atoms with Crippen molar-refractivity contribution in [3.8, 4) is 0 Å². The molecule has 1 heterocycles. The number of hydrogen-bond donors (Lipinski definition) is 0. The van der Waals surface area contributed by atoms with Crippen LogP contribution in [-0.4, -0.2) is 58.8 Å². The molecule has 0 fully saturated rings. The van der Waals surface area contributed by atoms with E-state index in [9.17, 15) is 14.9 Å². The van der Waals surface area contributed by atoms with Crippen LogP contribution < -0.4 is 5.56 Å². The maximum Gasteiger partial charge on any atom is 0.359 e. The first-order chi connectivity index (χ1) is 12.8. The average molecular weight is 370 g/mol. The Kier molecular flexibility index (Phi) is 6.42. The van der Waals surface area contributed by atoms with Gasteiger partial charge in [0.1, 0.15) is 0 Å². The normalized spacial score (nSPS) is 11.3. The Morgan fingerprint density at radius 1 is 1.19 bits per heavy atom. The largest absolute Gasteiger partial charge is 0.383 e. The lowest BCUT2D eigenvalue weighted by Gasteiger charge is -2.11. The standard InChI is InChI=1S/C18H22N6O3/c1-21(2)11-10-15-16(24(26)27)17(25)23(12-14-8-6-5-7-9-14)18(20-15)19-13-22(3)4/h5-11,13H,12H2,1-4H3. The van der Waals surface area contributed by atoms with Crippen LogP contribution in [0.15, 0.2) is 46.3 Å². The fourth-order valence-electron chi connectivity index (χ4n) is 2.23. The number of rotatable bonds is 7. The van der Waals surface area contributed by atoms with Crippen LogP contribution in [0.3, 0.4) is 0 Å². The Hall–Kier alpha value is -3.49. The molecular formula is C18H22N6O3. The first-order valence-corrected chi connectivity index (χ1v) is 8.18. The summed E-state index contributed by atoms with van der Waals surface area (Å²) in [6, 6.07) is 9.18. The smallest absolute Gasteiger partial charge is 0.359 e. The van der Waals surface area contributed by atoms with Gasteiger partial charge in [-0.3, -0.25) is 19.5 Å². The van der Waals surface area contributed by atoms with Crippen molar-refractivity contribution in [3.05, 3.63) is 68.3 Å². The fourth-order valence-corrected chi connectivity index (χ4v) is 2.23. The van der Waals surface area contributed by atoms with Crippen molar-refractivity contribution in [1.82, 2.24) is 19.4 Å². The van der Waals surface area contributed by atoms with Crippen LogP contribution in [-0.2, 0) is 6.54 Å². The van der Waals surface area contributed by atoms with E-state index in [4.69, 9.17) is 0 Å². The van der Waals surface area contributed by atoms with Gasteiger partial charge in [0.25, 0.3) is 0 Å². The van der Waals surface area contributed by atoms with E-state index in [0.29, 0.717) is 0 Å². The number of nitro groups is 1. The second kappa shape index (κ2) is 8.75. The van der Waals surface area contributed by atoms with Crippen molar-refractivity contribution in [1.29, 1.82) is 0 Å². The maximum atomic E-state index is 12.9. The number of aliphatic imine (C=N–C) groups is 1. The zero-order valence-corrected chi connectivity index (χ0v) is 15.7. The molecule has 0 saturated heterocycles. The first kappa shape index (κ1) is 19.8. The summed E-state index contributed by atoms with van der Waals surface area (Å²) in [4.78, 5) is 35.6. The van der Waals surface area contributed by atoms with Crippen LogP contribution in [0, 0.1) is 10.1 Å². The lowest BCUT2D eigenvalue weighted by molar-refractivity contribution is -0.387. The zero-order valence-electron chi connectivity index (χ0n) is 15.7. The van der Waals surface area contributed by atoms with Crippen LogP contribution in [0.4, 0.5) is 11.6 Å². The molecule has 1 aromatic carbocycles. The zero-order chi connectivity index (χ0) is 20.0. The van der Waals surface area contributed by atoms with Gasteiger partial charge in [0.2, 0.25) is 5.95 Å². The van der Waals surface area contributed by atoms with Gasteiger partial charge in [0.15, 0.2) is 5.69 Å². The fraction of sp³-hybridized carbons (Fsp3) is 0.278. The third-order valence-corrected chi connectivity index (χ3v) is 3.45. The minimum absolute atomic E-state index is 0.0334. The molecule has 1 aromatic heterocycles. The highest BCUT2D eigenvalue weighted by Crippen LogP contribution is 2.19. The Labute approximate surface area is 157 Å². The van der Waals surface area contributed by atoms with Gasteiger partial charge in [-0.05, 0) is 11.6 Å². The molecule has 0 saturated carbocycles. The lowest BCUT2D eigenvalue weighted by Crippen LogP contribution is -2.26. The number of benzene rings is 1. The Morgan fingerprint density at radius 3 is 2.41 bits per heavy atom. The third kappa shape index (κ3) is 5.24. The van der Waals surface area contributed by atoms with Crippen LogP contribution in [0.2, 0.25) is 0 Å². The van der Waals surface area contributed by atoms with Crippen LogP contribution in [0.1, 0.15) is 11.3 Å². The molecule has 27 heavy (non-hydrogen) atoms. The topological polar surface area (TPSA) is 96.9 Å². The van der Waals surface area contributed by atoms with Crippen LogP contribution in [0.25, 0.3) is 6.08 Å². The summed E-state index contributed by atoms with van der Waals surface area (Å²) < 4.78 is 1.21. The molecule has 0 aliphatic heterocycles. The summed E-state index contributed by atoms with van der Waals surface area (Å²) in [5.41, 5.74) is -0.543. The molecule has 9 nitrogen and oxygen atoms in total. The Morgan fingerprint density at radius 2 is 1.85 bits per heavy atom. The summed E-state index contributed by atoms with van der Waals surface area (Å²) in [5.74, 6) is 0.0987. The SMILES string of the molecule is CN(C)C=Cc1nc(N=CN(C)C)n(Cc2ccccc2)c(=O)c1[N+](=O)[O-]. The van der Waals surface area contributed by atoms with Crippen molar-refractivity contribution >= 4 is 24.1 Å². The van der Waals surface area contributed by atoms with Crippen molar-refractivity contribution in [2.24, 2.45) is 4.99 Å². The second-order valence-corrected chi connectivity index (χ2v) is 6.27. The van der Waals surface area contributed by atoms with E-state index in [2.05, 4.69) is 9.98 Å². The summed E-state index contributed by atoms with van der Waals surface area (Å²) >= 11 is 0. The Balaban J connectivity index is 2.69. The number of nitrogens with zero attached hydrogens (tertiary/aromatic N) is 6. The van der Waals surface area contributed by atoms with Gasteiger partial charge in [0, 0.05) is 34.4 Å². The van der Waals surface area contributed by atoms with E-state index >= 15 is 0 Å². The molecular weight excluding hydrogens is 348 g/mol. The van der Waals surface area contributed by atoms with Crippen LogP contribution >= 0.6 is 0 Å². The molecule has 0 atom stereocenters. The second-order valence-electron chi connectivity index (χ2n) is 6.27. The molecule has 142 valence electrons. The van der Waals surface area contributed by atoms with Crippen molar-refractivity contribution in [2.75, 3.05) is 28.2 Å². The molecule has 2 aromatic rings. The highest BCUT2D eigenvalue weighted by Gasteiger charge is 2.24. The van der Waals surface area contributed by atoms with Crippen molar-refractivity contribution in [3.63, 3.8) is 0 Å². The minimum atomic E-state index is -0.747. The van der Waals surface area contributed by atoms with Gasteiger partial charge in [-0.2, -0.15) is 0 Å². The van der Waals surface area contributed by atoms with Gasteiger partial charge in [-0.1, -0.05) is 30.3 Å². The highest BCUT2D eigenvalue weighted by molar-refractivity contribution is 5.61. The van der Waals surface area contributed by atoms with Crippen molar-refractivity contribution in [2.45, 2.75) is 6.54 Å². The van der Waals surface area contributed by atoms with E-state index in [1.54, 1.807) is 44.2 Å². The van der Waals surface area contributed by atoms with E-state index in [1.165, 1.54) is 17.0 Å². The molecule has 9 heteroatoms. The van der Waals surface area contributed by atoms with Crippen LogP contribution in [0.5, 0.6) is 0 Å². The summed E-state index contributed by atoms with van der Waals surface area (Å²) in [6.07, 6.45) is 4.52. The quantitative estimate of drug-likeness (QED) is 0.320. The van der Waals surface area contributed by atoms with Crippen molar-refractivity contribution < 1.29 is 4.92 Å². The van der Waals surface area contributed by atoms with E-state index in [-0.39, 0.29) is 18.2 Å². The third-order valence-electron chi connectivity index (χ3n) is 3.45. The van der Waals surface area contributed by atoms with Gasteiger partial charge in [-0.15, -0.1) is 0 Å². The molecule has 0 radical (unpaired) electrons. The van der Waals surface area contributed by atoms with Gasteiger partial charge < -0.3 is 9.80 Å². The molecule has 0 aliphatic carbocycles. The molecule has 0 N–H and O–H groups in total. The van der Waals surface area contributed by atoms with E-state index < -0.39 is 16.2 Å². The van der Waals surface area contributed by atoms with Gasteiger partial charge in [0.05, 0.1) is 17.8 Å². The van der Waals surface area contributed by atoms with E-state index in [0.717, 1.165) is 5.56 Å². The summed E-state index contributed by atoms with van der Waals surface area (Å²) in [5, 5.41) is 11.5. The highest BCUT2D eigenvalue weighted by atomic mass is 16.6. The monoisotopic (exact) mass is 370 g/mol. The average Bonchev–Trinajstić information content (AvgIpc) is 2.60. The van der Waals surface area contributed by atoms with Gasteiger partial charge >= 0.3 is 11.2 Å². The molecule has 0 aliphatic rings. The molecule has 0 spiro atoms. The van der Waals surface area contributed by atoms with Gasteiger partial charge in [-0.25, -0.2) is 9.98 Å². The number of hydrogen-bond acceptors (Lipinski definition) is 6. The predicted molar refractivity (Wildman–Crippen MR) is 105 cm³/mol. The predicted octanol–water partition coefficient (Wildman–Crippen LogP) is 1.95. The Bertz CT molecular complexity index is 917. The summed E-state index contributed by atoms with van der Waals surface area (Å²) in [7, 11) is 7.09. The first-order valence-electron chi connectivity index (χ1n) is 8.18. The molecule has 0 unspecified atom stereocenters. The molecule has 0 amide bonds. The molecule has 2 rings (SSSR count). The summed E-state index contributed by atoms with van der Waals surface area (Å²) in [6.45, 7) is 0.130. The maximum absolute atomic E-state index is 12.9. The lowest BCUT2D eigenvalue weighted by atomic mass is 10.2. The van der Waals surface area contributed by atoms with E-state index in [1.807, 2.05) is 30.3 Å². The number of aromatic nitrogens is 2. The minimum Gasteiger partial charge on any atom is -0.383 e.